The zero-order chi connectivity index (χ0) is 13.6. The minimum Gasteiger partial charge on any atom is -0.369 e. The van der Waals surface area contributed by atoms with Gasteiger partial charge in [-0.3, -0.25) is 4.57 Å². The molecule has 4 nitrogen and oxygen atoms in total. The Morgan fingerprint density at radius 1 is 1.21 bits per heavy atom. The lowest BCUT2D eigenvalue weighted by atomic mass is 10.2. The van der Waals surface area contributed by atoms with Gasteiger partial charge in [-0.15, -0.1) is 0 Å². The van der Waals surface area contributed by atoms with Crippen molar-refractivity contribution in [1.29, 1.82) is 0 Å². The average molecular weight is 382 g/mol. The molecule has 0 atom stereocenters. The smallest absolute Gasteiger partial charge is 0.207 e. The highest BCUT2D eigenvalue weighted by Gasteiger charge is 2.12. The maximum absolute atomic E-state index is 6.01. The number of benzene rings is 1. The first-order valence-electron chi connectivity index (χ1n) is 5.62. The summed E-state index contributed by atoms with van der Waals surface area (Å²) in [6, 6.07) is 7.93. The fraction of sp³-hybridized carbons (Fsp3) is 0.0769. The molecule has 0 amide bonds. The van der Waals surface area contributed by atoms with Crippen molar-refractivity contribution in [2.75, 3.05) is 5.73 Å². The lowest BCUT2D eigenvalue weighted by Gasteiger charge is -2.07. The predicted molar refractivity (Wildman–Crippen MR) is 83.4 cm³/mol. The zero-order valence-corrected chi connectivity index (χ0v) is 13.2. The largest absolute Gasteiger partial charge is 0.369 e. The average Bonchev–Trinajstić information content (AvgIpc) is 2.68. The maximum atomic E-state index is 6.01. The van der Waals surface area contributed by atoms with E-state index in [0.717, 1.165) is 31.4 Å². The molecular weight excluding hydrogens is 372 g/mol. The Balaban J connectivity index is 2.29. The Kier molecular flexibility index (Phi) is 3.06. The van der Waals surface area contributed by atoms with Crippen LogP contribution in [0.25, 0.3) is 16.9 Å². The van der Waals surface area contributed by atoms with Gasteiger partial charge in [0.1, 0.15) is 5.52 Å². The highest BCUT2D eigenvalue weighted by molar-refractivity contribution is 9.10. The highest BCUT2D eigenvalue weighted by Crippen LogP contribution is 2.26. The van der Waals surface area contributed by atoms with Crippen LogP contribution in [0.2, 0.25) is 0 Å². The third kappa shape index (κ3) is 2.15. The van der Waals surface area contributed by atoms with Gasteiger partial charge >= 0.3 is 0 Å². The Labute approximate surface area is 126 Å². The van der Waals surface area contributed by atoms with Crippen LogP contribution in [0, 0.1) is 6.92 Å². The number of nitrogens with two attached hydrogens (primary N) is 1. The number of hydrogen-bond donors (Lipinski definition) is 1. The van der Waals surface area contributed by atoms with E-state index in [0.29, 0.717) is 5.95 Å². The van der Waals surface area contributed by atoms with Crippen LogP contribution in [0.5, 0.6) is 0 Å². The molecule has 6 heteroatoms. The first kappa shape index (κ1) is 12.6. The van der Waals surface area contributed by atoms with E-state index >= 15 is 0 Å². The van der Waals surface area contributed by atoms with Crippen molar-refractivity contribution in [2.45, 2.75) is 6.92 Å². The van der Waals surface area contributed by atoms with Crippen molar-refractivity contribution in [1.82, 2.24) is 14.5 Å². The molecule has 0 unspecified atom stereocenters. The van der Waals surface area contributed by atoms with Gasteiger partial charge in [-0.25, -0.2) is 9.97 Å². The summed E-state index contributed by atoms with van der Waals surface area (Å²) >= 11 is 6.88. The predicted octanol–water partition coefficient (Wildman–Crippen LogP) is 3.84. The molecule has 0 aliphatic carbocycles. The zero-order valence-electron chi connectivity index (χ0n) is 10.1. The first-order valence-corrected chi connectivity index (χ1v) is 7.21. The Bertz CT molecular complexity index is 780. The van der Waals surface area contributed by atoms with Crippen molar-refractivity contribution >= 4 is 49.0 Å². The number of nitrogen functional groups attached to an aromatic ring is 1. The molecule has 0 bridgehead atoms. The van der Waals surface area contributed by atoms with Crippen LogP contribution in [0.15, 0.2) is 39.4 Å². The lowest BCUT2D eigenvalue weighted by molar-refractivity contribution is 1.08. The van der Waals surface area contributed by atoms with E-state index in [1.54, 1.807) is 6.20 Å². The number of rotatable bonds is 1. The second-order valence-corrected chi connectivity index (χ2v) is 6.01. The molecule has 1 aromatic carbocycles. The summed E-state index contributed by atoms with van der Waals surface area (Å²) in [6.45, 7) is 2.03. The maximum Gasteiger partial charge on any atom is 0.207 e. The van der Waals surface area contributed by atoms with Gasteiger partial charge in [-0.2, -0.15) is 0 Å². The van der Waals surface area contributed by atoms with E-state index in [1.165, 1.54) is 0 Å². The van der Waals surface area contributed by atoms with E-state index in [-0.39, 0.29) is 0 Å². The molecular formula is C13H10Br2N4. The van der Waals surface area contributed by atoms with Crippen LogP contribution < -0.4 is 5.73 Å². The summed E-state index contributed by atoms with van der Waals surface area (Å²) in [7, 11) is 0. The summed E-state index contributed by atoms with van der Waals surface area (Å²) in [5.41, 5.74) is 9.62. The molecule has 0 radical (unpaired) electrons. The Hall–Kier alpha value is -1.40. The number of fused-ring (bicyclic) bond motifs is 1. The molecule has 96 valence electrons. The SMILES string of the molecule is Cc1cc(-n2c(N)nc3cc(Br)cnc32)ccc1Br. The summed E-state index contributed by atoms with van der Waals surface area (Å²) < 4.78 is 3.80. The van der Waals surface area contributed by atoms with Crippen LogP contribution in [0.1, 0.15) is 5.56 Å². The van der Waals surface area contributed by atoms with Gasteiger partial charge in [-0.05, 0) is 52.7 Å². The number of aryl methyl sites for hydroxylation is 1. The minimum atomic E-state index is 0.433. The van der Waals surface area contributed by atoms with Gasteiger partial charge in [0.05, 0.1) is 5.69 Å². The molecule has 0 fully saturated rings. The van der Waals surface area contributed by atoms with E-state index in [4.69, 9.17) is 5.73 Å². The van der Waals surface area contributed by atoms with Gasteiger partial charge in [0, 0.05) is 15.1 Å². The molecule has 2 heterocycles. The van der Waals surface area contributed by atoms with Crippen LogP contribution in [-0.2, 0) is 0 Å². The molecule has 2 aromatic heterocycles. The molecule has 3 aromatic rings. The standard InChI is InChI=1S/C13H10Br2N4/c1-7-4-9(2-3-10(7)15)19-12-11(18-13(19)16)5-8(14)6-17-12/h2-6H,1H3,(H2,16,18). The molecule has 0 aliphatic heterocycles. The van der Waals surface area contributed by atoms with Crippen molar-refractivity contribution in [3.63, 3.8) is 0 Å². The summed E-state index contributed by atoms with van der Waals surface area (Å²) in [4.78, 5) is 8.73. The number of anilines is 1. The Morgan fingerprint density at radius 2 is 2.00 bits per heavy atom. The number of hydrogen-bond acceptors (Lipinski definition) is 3. The molecule has 0 saturated heterocycles. The van der Waals surface area contributed by atoms with Gasteiger partial charge in [0.15, 0.2) is 5.65 Å². The number of pyridine rings is 1. The van der Waals surface area contributed by atoms with E-state index in [9.17, 15) is 0 Å². The first-order chi connectivity index (χ1) is 9.06. The quantitative estimate of drug-likeness (QED) is 0.696. The molecule has 0 aliphatic rings. The van der Waals surface area contributed by atoms with Crippen LogP contribution in [-0.4, -0.2) is 14.5 Å². The lowest BCUT2D eigenvalue weighted by Crippen LogP contribution is -2.01. The summed E-state index contributed by atoms with van der Waals surface area (Å²) in [5, 5.41) is 0. The minimum absolute atomic E-state index is 0.433. The fourth-order valence-electron chi connectivity index (χ4n) is 1.98. The van der Waals surface area contributed by atoms with E-state index in [2.05, 4.69) is 41.8 Å². The second kappa shape index (κ2) is 4.61. The molecule has 3 rings (SSSR count). The third-order valence-corrected chi connectivity index (χ3v) is 4.21. The van der Waals surface area contributed by atoms with Crippen LogP contribution in [0.3, 0.4) is 0 Å². The molecule has 19 heavy (non-hydrogen) atoms. The van der Waals surface area contributed by atoms with Crippen molar-refractivity contribution < 1.29 is 0 Å². The van der Waals surface area contributed by atoms with Crippen LogP contribution in [0.4, 0.5) is 5.95 Å². The molecule has 0 saturated carbocycles. The molecule has 0 spiro atoms. The van der Waals surface area contributed by atoms with Crippen LogP contribution >= 0.6 is 31.9 Å². The summed E-state index contributed by atoms with van der Waals surface area (Å²) in [5.74, 6) is 0.433. The van der Waals surface area contributed by atoms with Crippen molar-refractivity contribution in [2.24, 2.45) is 0 Å². The van der Waals surface area contributed by atoms with Crippen molar-refractivity contribution in [3.8, 4) is 5.69 Å². The number of aromatic nitrogens is 3. The van der Waals surface area contributed by atoms with Gasteiger partial charge < -0.3 is 5.73 Å². The Morgan fingerprint density at radius 3 is 2.74 bits per heavy atom. The highest BCUT2D eigenvalue weighted by atomic mass is 79.9. The number of halogens is 2. The summed E-state index contributed by atoms with van der Waals surface area (Å²) in [6.07, 6.45) is 1.74. The monoisotopic (exact) mass is 380 g/mol. The van der Waals surface area contributed by atoms with E-state index in [1.807, 2.05) is 35.8 Å². The fourth-order valence-corrected chi connectivity index (χ4v) is 2.55. The van der Waals surface area contributed by atoms with Crippen molar-refractivity contribution in [3.05, 3.63) is 45.0 Å². The normalized spacial score (nSPS) is 11.1. The van der Waals surface area contributed by atoms with Gasteiger partial charge in [-0.1, -0.05) is 15.9 Å². The number of nitrogens with zero attached hydrogens (tertiary/aromatic N) is 3. The second-order valence-electron chi connectivity index (χ2n) is 4.24. The van der Waals surface area contributed by atoms with Gasteiger partial charge in [0.2, 0.25) is 5.95 Å². The third-order valence-electron chi connectivity index (χ3n) is 2.89. The van der Waals surface area contributed by atoms with Gasteiger partial charge in [0.25, 0.3) is 0 Å². The topological polar surface area (TPSA) is 56.7 Å². The van der Waals surface area contributed by atoms with E-state index < -0.39 is 0 Å². The molecule has 2 N–H and O–H groups in total. The number of imidazole rings is 1.